The van der Waals surface area contributed by atoms with Crippen molar-refractivity contribution >= 4 is 29.1 Å². The maximum atomic E-state index is 12.7. The summed E-state index contributed by atoms with van der Waals surface area (Å²) < 4.78 is 0. The molecule has 3 aromatic rings. The van der Waals surface area contributed by atoms with Gasteiger partial charge in [0, 0.05) is 34.5 Å². The second-order valence-corrected chi connectivity index (χ2v) is 6.59. The molecule has 0 heterocycles. The summed E-state index contributed by atoms with van der Waals surface area (Å²) in [4.78, 5) is 49.6. The molecule has 2 amide bonds. The van der Waals surface area contributed by atoms with E-state index in [4.69, 9.17) is 0 Å². The van der Waals surface area contributed by atoms with Crippen molar-refractivity contribution in [1.82, 2.24) is 5.32 Å². The fourth-order valence-electron chi connectivity index (χ4n) is 3.22. The van der Waals surface area contributed by atoms with Crippen LogP contribution in [-0.4, -0.2) is 23.4 Å². The highest BCUT2D eigenvalue weighted by atomic mass is 16.2. The lowest BCUT2D eigenvalue weighted by Crippen LogP contribution is -2.35. The maximum Gasteiger partial charge on any atom is 0.313 e. The Balaban J connectivity index is 1.49. The molecule has 0 aromatic heterocycles. The third-order valence-electron chi connectivity index (χ3n) is 4.69. The average molecular weight is 384 g/mol. The molecule has 1 aliphatic carbocycles. The standard InChI is InChI=1S/C23H16N2O4/c26-20-16-8-4-5-9-17(16)21(27)19-12-15(10-11-18(19)20)25-23(29)22(28)24-13-14-6-2-1-3-7-14/h1-12H,13H2,(H,24,28)(H,25,29). The van der Waals surface area contributed by atoms with Gasteiger partial charge in [0.25, 0.3) is 0 Å². The van der Waals surface area contributed by atoms with Crippen LogP contribution in [0.3, 0.4) is 0 Å². The molecule has 29 heavy (non-hydrogen) atoms. The Kier molecular flexibility index (Phi) is 4.75. The van der Waals surface area contributed by atoms with Gasteiger partial charge in [-0.3, -0.25) is 19.2 Å². The van der Waals surface area contributed by atoms with Gasteiger partial charge in [0.15, 0.2) is 11.6 Å². The summed E-state index contributed by atoms with van der Waals surface area (Å²) in [7, 11) is 0. The molecule has 0 aliphatic heterocycles. The number of benzene rings is 3. The van der Waals surface area contributed by atoms with Crippen LogP contribution < -0.4 is 10.6 Å². The van der Waals surface area contributed by atoms with Crippen LogP contribution in [0, 0.1) is 0 Å². The van der Waals surface area contributed by atoms with Crippen LogP contribution in [0.15, 0.2) is 72.8 Å². The molecule has 0 atom stereocenters. The maximum absolute atomic E-state index is 12.7. The Bertz CT molecular complexity index is 1150. The van der Waals surface area contributed by atoms with Gasteiger partial charge in [-0.05, 0) is 23.8 Å². The largest absolute Gasteiger partial charge is 0.344 e. The summed E-state index contributed by atoms with van der Waals surface area (Å²) in [5.41, 5.74) is 2.31. The molecule has 1 aliphatic rings. The number of carbonyl (C=O) groups excluding carboxylic acids is 4. The SMILES string of the molecule is O=C(NCc1ccccc1)C(=O)Nc1ccc2c(c1)C(=O)c1ccccc1C2=O. The monoisotopic (exact) mass is 384 g/mol. The number of nitrogens with one attached hydrogen (secondary N) is 2. The van der Waals surface area contributed by atoms with Crippen LogP contribution in [0.5, 0.6) is 0 Å². The Morgan fingerprint density at radius 1 is 0.655 bits per heavy atom. The van der Waals surface area contributed by atoms with Gasteiger partial charge in [-0.25, -0.2) is 0 Å². The Hall–Kier alpha value is -4.06. The minimum absolute atomic E-state index is 0.205. The Morgan fingerprint density at radius 3 is 1.93 bits per heavy atom. The van der Waals surface area contributed by atoms with Crippen LogP contribution >= 0.6 is 0 Å². The Morgan fingerprint density at radius 2 is 1.24 bits per heavy atom. The lowest BCUT2D eigenvalue weighted by Gasteiger charge is -2.18. The number of anilines is 1. The van der Waals surface area contributed by atoms with Crippen LogP contribution in [0.1, 0.15) is 37.4 Å². The third-order valence-corrected chi connectivity index (χ3v) is 4.69. The number of rotatable bonds is 3. The highest BCUT2D eigenvalue weighted by Crippen LogP contribution is 2.29. The van der Waals surface area contributed by atoms with Crippen LogP contribution in [0.4, 0.5) is 5.69 Å². The molecule has 0 fully saturated rings. The quantitative estimate of drug-likeness (QED) is 0.531. The number of carbonyl (C=O) groups is 4. The number of fused-ring (bicyclic) bond motifs is 2. The molecule has 0 bridgehead atoms. The van der Waals surface area contributed by atoms with E-state index in [1.807, 2.05) is 30.3 Å². The zero-order chi connectivity index (χ0) is 20.4. The van der Waals surface area contributed by atoms with Crippen molar-refractivity contribution in [2.24, 2.45) is 0 Å². The van der Waals surface area contributed by atoms with Crippen LogP contribution in [-0.2, 0) is 16.1 Å². The van der Waals surface area contributed by atoms with Gasteiger partial charge in [0.1, 0.15) is 0 Å². The minimum Gasteiger partial charge on any atom is -0.344 e. The van der Waals surface area contributed by atoms with Crippen molar-refractivity contribution in [2.75, 3.05) is 5.32 Å². The van der Waals surface area contributed by atoms with E-state index in [-0.39, 0.29) is 34.9 Å². The van der Waals surface area contributed by atoms with E-state index in [0.717, 1.165) is 5.56 Å². The number of hydrogen-bond acceptors (Lipinski definition) is 4. The van der Waals surface area contributed by atoms with Gasteiger partial charge in [-0.1, -0.05) is 54.6 Å². The molecule has 0 saturated carbocycles. The summed E-state index contributed by atoms with van der Waals surface area (Å²) in [5.74, 6) is -2.18. The molecule has 4 rings (SSSR count). The van der Waals surface area contributed by atoms with E-state index in [0.29, 0.717) is 11.1 Å². The second kappa shape index (κ2) is 7.52. The molecule has 142 valence electrons. The number of amides is 2. The first-order valence-electron chi connectivity index (χ1n) is 9.00. The Labute approximate surface area is 166 Å². The normalized spacial score (nSPS) is 12.0. The highest BCUT2D eigenvalue weighted by Gasteiger charge is 2.29. The van der Waals surface area contributed by atoms with Crippen LogP contribution in [0.25, 0.3) is 0 Å². The predicted octanol–water partition coefficient (Wildman–Crippen LogP) is 2.72. The first kappa shape index (κ1) is 18.3. The molecular formula is C23H16N2O4. The van der Waals surface area contributed by atoms with Gasteiger partial charge in [0.05, 0.1) is 0 Å². The van der Waals surface area contributed by atoms with Gasteiger partial charge >= 0.3 is 11.8 Å². The molecule has 6 nitrogen and oxygen atoms in total. The fourth-order valence-corrected chi connectivity index (χ4v) is 3.22. The molecule has 0 saturated heterocycles. The van der Waals surface area contributed by atoms with Gasteiger partial charge in [-0.2, -0.15) is 0 Å². The average Bonchev–Trinajstić information content (AvgIpc) is 2.76. The minimum atomic E-state index is -0.851. The molecule has 2 N–H and O–H groups in total. The zero-order valence-corrected chi connectivity index (χ0v) is 15.3. The van der Waals surface area contributed by atoms with Crippen LogP contribution in [0.2, 0.25) is 0 Å². The molecular weight excluding hydrogens is 368 g/mol. The zero-order valence-electron chi connectivity index (χ0n) is 15.3. The van der Waals surface area contributed by atoms with E-state index in [1.165, 1.54) is 18.2 Å². The second-order valence-electron chi connectivity index (χ2n) is 6.59. The number of ketones is 2. The van der Waals surface area contributed by atoms with Crippen molar-refractivity contribution < 1.29 is 19.2 Å². The lowest BCUT2D eigenvalue weighted by molar-refractivity contribution is -0.136. The van der Waals surface area contributed by atoms with Crippen molar-refractivity contribution in [1.29, 1.82) is 0 Å². The molecule has 0 radical (unpaired) electrons. The first-order chi connectivity index (χ1) is 14.0. The predicted molar refractivity (Wildman–Crippen MR) is 107 cm³/mol. The topological polar surface area (TPSA) is 92.3 Å². The smallest absolute Gasteiger partial charge is 0.313 e. The van der Waals surface area contributed by atoms with E-state index >= 15 is 0 Å². The summed E-state index contributed by atoms with van der Waals surface area (Å²) in [5, 5.41) is 5.01. The summed E-state index contributed by atoms with van der Waals surface area (Å²) in [6, 6.07) is 20.2. The van der Waals surface area contributed by atoms with E-state index < -0.39 is 11.8 Å². The summed E-state index contributed by atoms with van der Waals surface area (Å²) >= 11 is 0. The van der Waals surface area contributed by atoms with Crippen molar-refractivity contribution in [3.8, 4) is 0 Å². The van der Waals surface area contributed by atoms with Crippen molar-refractivity contribution in [3.63, 3.8) is 0 Å². The van der Waals surface area contributed by atoms with E-state index in [2.05, 4.69) is 10.6 Å². The first-order valence-corrected chi connectivity index (χ1v) is 9.00. The molecule has 3 aromatic carbocycles. The molecule has 6 heteroatoms. The highest BCUT2D eigenvalue weighted by molar-refractivity contribution is 6.39. The van der Waals surface area contributed by atoms with E-state index in [9.17, 15) is 19.2 Å². The molecule has 0 unspecified atom stereocenters. The van der Waals surface area contributed by atoms with Crippen molar-refractivity contribution in [2.45, 2.75) is 6.54 Å². The van der Waals surface area contributed by atoms with Gasteiger partial charge < -0.3 is 10.6 Å². The molecule has 0 spiro atoms. The van der Waals surface area contributed by atoms with Gasteiger partial charge in [-0.15, -0.1) is 0 Å². The number of hydrogen-bond donors (Lipinski definition) is 2. The summed E-state index contributed by atoms with van der Waals surface area (Å²) in [6.07, 6.45) is 0. The third kappa shape index (κ3) is 3.55. The van der Waals surface area contributed by atoms with Crippen molar-refractivity contribution in [3.05, 3.63) is 101 Å². The van der Waals surface area contributed by atoms with E-state index in [1.54, 1.807) is 24.3 Å². The lowest BCUT2D eigenvalue weighted by atomic mass is 9.84. The van der Waals surface area contributed by atoms with Gasteiger partial charge in [0.2, 0.25) is 0 Å². The summed E-state index contributed by atoms with van der Waals surface area (Å²) in [6.45, 7) is 0.223. The fraction of sp³-hybridized carbons (Fsp3) is 0.0435.